The van der Waals surface area contributed by atoms with Crippen LogP contribution in [0, 0.1) is 11.8 Å². The number of halogens is 1. The highest BCUT2D eigenvalue weighted by molar-refractivity contribution is 9.10. The second kappa shape index (κ2) is 7.16. The van der Waals surface area contributed by atoms with Crippen LogP contribution in [-0.4, -0.2) is 42.7 Å². The fourth-order valence-corrected chi connectivity index (χ4v) is 4.28. The van der Waals surface area contributed by atoms with E-state index in [4.69, 9.17) is 0 Å². The Morgan fingerprint density at radius 2 is 1.90 bits per heavy atom. The van der Waals surface area contributed by atoms with Gasteiger partial charge in [0, 0.05) is 42.0 Å². The zero-order chi connectivity index (χ0) is 14.7. The number of carbonyl (C=O) groups excluding carboxylic acids is 1. The Kier molecular flexibility index (Phi) is 5.24. The first-order valence-electron chi connectivity index (χ1n) is 7.59. The first-order chi connectivity index (χ1) is 10.2. The van der Waals surface area contributed by atoms with E-state index in [-0.39, 0.29) is 0 Å². The Labute approximate surface area is 139 Å². The third-order valence-corrected chi connectivity index (χ3v) is 5.99. The zero-order valence-corrected chi connectivity index (χ0v) is 14.5. The van der Waals surface area contributed by atoms with Gasteiger partial charge in [-0.2, -0.15) is 0 Å². The van der Waals surface area contributed by atoms with Crippen LogP contribution in [-0.2, 0) is 4.79 Å². The second-order valence-electron chi connectivity index (χ2n) is 5.88. The molecule has 2 fully saturated rings. The van der Waals surface area contributed by atoms with E-state index in [2.05, 4.69) is 50.4 Å². The lowest BCUT2D eigenvalue weighted by molar-refractivity contribution is -0.130. The van der Waals surface area contributed by atoms with Crippen molar-refractivity contribution >= 4 is 33.6 Å². The molecular formula is C16H21BrN2OS. The van der Waals surface area contributed by atoms with E-state index in [1.165, 1.54) is 4.90 Å². The maximum atomic E-state index is 12.2. The van der Waals surface area contributed by atoms with E-state index in [9.17, 15) is 4.79 Å². The summed E-state index contributed by atoms with van der Waals surface area (Å²) in [6.45, 7) is 4.12. The minimum absolute atomic E-state index is 0.348. The van der Waals surface area contributed by atoms with Crippen LogP contribution in [0.15, 0.2) is 33.6 Å². The number of hydrogen-bond acceptors (Lipinski definition) is 3. The summed E-state index contributed by atoms with van der Waals surface area (Å²) in [7, 11) is 0. The van der Waals surface area contributed by atoms with Crippen LogP contribution in [0.1, 0.15) is 12.8 Å². The molecule has 1 aromatic rings. The Hall–Kier alpha value is -0.520. The number of amides is 1. The molecule has 0 bridgehead atoms. The van der Waals surface area contributed by atoms with E-state index in [0.29, 0.717) is 24.2 Å². The Morgan fingerprint density at radius 1 is 1.24 bits per heavy atom. The molecule has 3 rings (SSSR count). The first-order valence-corrected chi connectivity index (χ1v) is 9.37. The summed E-state index contributed by atoms with van der Waals surface area (Å²) >= 11 is 5.27. The van der Waals surface area contributed by atoms with Gasteiger partial charge in [-0.15, -0.1) is 11.8 Å². The number of hydrogen-bond donors (Lipinski definition) is 1. The molecule has 0 saturated carbocycles. The van der Waals surface area contributed by atoms with Crippen molar-refractivity contribution in [3.8, 4) is 0 Å². The molecule has 1 aromatic carbocycles. The monoisotopic (exact) mass is 368 g/mol. The second-order valence-corrected chi connectivity index (χ2v) is 7.97. The first kappa shape index (κ1) is 15.4. The van der Waals surface area contributed by atoms with Crippen molar-refractivity contribution in [3.63, 3.8) is 0 Å². The highest BCUT2D eigenvalue weighted by Gasteiger charge is 2.37. The number of nitrogens with zero attached hydrogens (tertiary/aromatic N) is 1. The zero-order valence-electron chi connectivity index (χ0n) is 12.1. The summed E-state index contributed by atoms with van der Waals surface area (Å²) in [5, 5.41) is 3.41. The molecule has 2 heterocycles. The van der Waals surface area contributed by atoms with Crippen molar-refractivity contribution in [3.05, 3.63) is 28.7 Å². The van der Waals surface area contributed by atoms with Crippen LogP contribution in [0.4, 0.5) is 0 Å². The van der Waals surface area contributed by atoms with Gasteiger partial charge in [-0.25, -0.2) is 0 Å². The van der Waals surface area contributed by atoms with Crippen LogP contribution < -0.4 is 5.32 Å². The summed E-state index contributed by atoms with van der Waals surface area (Å²) in [4.78, 5) is 15.6. The lowest BCUT2D eigenvalue weighted by Gasteiger charge is -2.17. The topological polar surface area (TPSA) is 32.3 Å². The molecule has 1 N–H and O–H groups in total. The highest BCUT2D eigenvalue weighted by Crippen LogP contribution is 2.27. The van der Waals surface area contributed by atoms with Crippen molar-refractivity contribution < 1.29 is 4.79 Å². The summed E-state index contributed by atoms with van der Waals surface area (Å²) in [6.07, 6.45) is 1.65. The molecule has 2 atom stereocenters. The van der Waals surface area contributed by atoms with Crippen molar-refractivity contribution in [2.24, 2.45) is 11.8 Å². The summed E-state index contributed by atoms with van der Waals surface area (Å²) < 4.78 is 1.11. The van der Waals surface area contributed by atoms with Gasteiger partial charge in [-0.1, -0.05) is 15.9 Å². The van der Waals surface area contributed by atoms with Crippen LogP contribution >= 0.6 is 27.7 Å². The van der Waals surface area contributed by atoms with Crippen LogP contribution in [0.25, 0.3) is 0 Å². The van der Waals surface area contributed by atoms with Gasteiger partial charge >= 0.3 is 0 Å². The molecule has 2 aliphatic heterocycles. The molecule has 2 aliphatic rings. The van der Waals surface area contributed by atoms with Crippen LogP contribution in [0.2, 0.25) is 0 Å². The molecule has 1 amide bonds. The molecule has 2 saturated heterocycles. The largest absolute Gasteiger partial charge is 0.342 e. The highest BCUT2D eigenvalue weighted by atomic mass is 79.9. The van der Waals surface area contributed by atoms with Gasteiger partial charge in [-0.3, -0.25) is 4.79 Å². The maximum absolute atomic E-state index is 12.2. The smallest absolute Gasteiger partial charge is 0.222 e. The van der Waals surface area contributed by atoms with Crippen molar-refractivity contribution in [1.82, 2.24) is 10.2 Å². The third kappa shape index (κ3) is 4.02. The average Bonchev–Trinajstić information content (AvgIpc) is 3.06. The van der Waals surface area contributed by atoms with Gasteiger partial charge in [0.2, 0.25) is 5.91 Å². The van der Waals surface area contributed by atoms with Crippen LogP contribution in [0.3, 0.4) is 0 Å². The standard InChI is InChI=1S/C16H21BrN2OS/c17-14-3-5-15(6-4-14)21-7-1-2-16(20)19-10-12-8-18-9-13(12)11-19/h3-6,12-13,18H,1-2,7-11H2/t12-,13+. The van der Waals surface area contributed by atoms with Crippen molar-refractivity contribution in [1.29, 1.82) is 0 Å². The predicted octanol–water partition coefficient (Wildman–Crippen LogP) is 3.00. The van der Waals surface area contributed by atoms with E-state index in [1.54, 1.807) is 0 Å². The Bertz CT molecular complexity index is 482. The fourth-order valence-electron chi connectivity index (χ4n) is 3.16. The SMILES string of the molecule is O=C(CCCSc1ccc(Br)cc1)N1C[C@H]2CNC[C@H]2C1. The van der Waals surface area contributed by atoms with Crippen LogP contribution in [0.5, 0.6) is 0 Å². The lowest BCUT2D eigenvalue weighted by atomic mass is 10.0. The minimum Gasteiger partial charge on any atom is -0.342 e. The lowest BCUT2D eigenvalue weighted by Crippen LogP contribution is -2.31. The van der Waals surface area contributed by atoms with Gasteiger partial charge in [0.15, 0.2) is 0 Å². The molecule has 114 valence electrons. The summed E-state index contributed by atoms with van der Waals surface area (Å²) in [6, 6.07) is 8.35. The molecule has 0 radical (unpaired) electrons. The molecule has 0 aromatic heterocycles. The molecule has 0 aliphatic carbocycles. The number of thioether (sulfide) groups is 1. The number of nitrogens with one attached hydrogen (secondary N) is 1. The third-order valence-electron chi connectivity index (χ3n) is 4.36. The molecule has 5 heteroatoms. The van der Waals surface area contributed by atoms with E-state index in [0.717, 1.165) is 42.8 Å². The maximum Gasteiger partial charge on any atom is 0.222 e. The van der Waals surface area contributed by atoms with Gasteiger partial charge in [0.25, 0.3) is 0 Å². The molecule has 0 spiro atoms. The van der Waals surface area contributed by atoms with Crippen molar-refractivity contribution in [2.45, 2.75) is 17.7 Å². The quantitative estimate of drug-likeness (QED) is 0.640. The molecule has 21 heavy (non-hydrogen) atoms. The molecular weight excluding hydrogens is 348 g/mol. The Balaban J connectivity index is 1.35. The van der Waals surface area contributed by atoms with E-state index < -0.39 is 0 Å². The minimum atomic E-state index is 0.348. The Morgan fingerprint density at radius 3 is 2.57 bits per heavy atom. The summed E-state index contributed by atoms with van der Waals surface area (Å²) in [5.41, 5.74) is 0. The van der Waals surface area contributed by atoms with E-state index >= 15 is 0 Å². The number of likely N-dealkylation sites (tertiary alicyclic amines) is 1. The van der Waals surface area contributed by atoms with E-state index in [1.807, 2.05) is 11.8 Å². The normalized spacial score (nSPS) is 24.3. The predicted molar refractivity (Wildman–Crippen MR) is 90.5 cm³/mol. The number of fused-ring (bicyclic) bond motifs is 1. The van der Waals surface area contributed by atoms with Gasteiger partial charge in [-0.05, 0) is 48.3 Å². The molecule has 0 unspecified atom stereocenters. The molecule has 3 nitrogen and oxygen atoms in total. The fraction of sp³-hybridized carbons (Fsp3) is 0.562. The average molecular weight is 369 g/mol. The van der Waals surface area contributed by atoms with Gasteiger partial charge < -0.3 is 10.2 Å². The van der Waals surface area contributed by atoms with Gasteiger partial charge in [0.1, 0.15) is 0 Å². The van der Waals surface area contributed by atoms with Gasteiger partial charge in [0.05, 0.1) is 0 Å². The number of carbonyl (C=O) groups is 1. The summed E-state index contributed by atoms with van der Waals surface area (Å²) in [5.74, 6) is 2.76. The number of benzene rings is 1. The number of rotatable bonds is 5. The van der Waals surface area contributed by atoms with Crippen molar-refractivity contribution in [2.75, 3.05) is 31.9 Å².